The van der Waals surface area contributed by atoms with Crippen LogP contribution in [0.25, 0.3) is 4.96 Å². The van der Waals surface area contributed by atoms with Crippen molar-refractivity contribution in [3.63, 3.8) is 0 Å². The van der Waals surface area contributed by atoms with E-state index in [2.05, 4.69) is 34.5 Å². The Morgan fingerprint density at radius 1 is 1.35 bits per heavy atom. The minimum absolute atomic E-state index is 0.107. The molecule has 6 nitrogen and oxygen atoms in total. The second-order valence-corrected chi connectivity index (χ2v) is 7.53. The van der Waals surface area contributed by atoms with Gasteiger partial charge in [0.2, 0.25) is 10.1 Å². The van der Waals surface area contributed by atoms with E-state index in [4.69, 9.17) is 4.74 Å². The van der Waals surface area contributed by atoms with Crippen molar-refractivity contribution in [3.8, 4) is 0 Å². The molecule has 2 aromatic heterocycles. The van der Waals surface area contributed by atoms with E-state index in [1.54, 1.807) is 6.07 Å². The Hall–Kier alpha value is -2.25. The molecule has 7 heteroatoms. The second-order valence-electron chi connectivity index (χ2n) is 6.57. The summed E-state index contributed by atoms with van der Waals surface area (Å²) in [6.07, 6.45) is 2.89. The zero-order valence-corrected chi connectivity index (χ0v) is 15.5. The lowest BCUT2D eigenvalue weighted by molar-refractivity contribution is 0.0933. The number of aryl methyl sites for hydroxylation is 1. The van der Waals surface area contributed by atoms with Gasteiger partial charge in [0, 0.05) is 30.8 Å². The topological polar surface area (TPSA) is 68.5 Å². The summed E-state index contributed by atoms with van der Waals surface area (Å²) in [6.45, 7) is 3.61. The van der Waals surface area contributed by atoms with Gasteiger partial charge in [-0.15, -0.1) is 5.10 Å². The summed E-state index contributed by atoms with van der Waals surface area (Å²) in [5.41, 5.74) is 1.93. The normalized spacial score (nSPS) is 19.9. The molecule has 26 heavy (non-hydrogen) atoms. The average Bonchev–Trinajstić information content (AvgIpc) is 3.27. The predicted molar refractivity (Wildman–Crippen MR) is 103 cm³/mol. The summed E-state index contributed by atoms with van der Waals surface area (Å²) in [5, 5.41) is 8.49. The van der Waals surface area contributed by atoms with Gasteiger partial charge >= 0.3 is 0 Å². The largest absolute Gasteiger partial charge is 0.373 e. The van der Waals surface area contributed by atoms with Crippen LogP contribution in [0.5, 0.6) is 0 Å². The maximum Gasteiger partial charge on any atom is 0.275 e. The number of ether oxygens (including phenoxy) is 1. The first-order chi connectivity index (χ1) is 12.7. The molecule has 1 aliphatic heterocycles. The van der Waals surface area contributed by atoms with Gasteiger partial charge in [0.15, 0.2) is 0 Å². The number of anilines is 1. The molecule has 0 bridgehead atoms. The van der Waals surface area contributed by atoms with Crippen LogP contribution in [-0.4, -0.2) is 27.7 Å². The number of hydrogen-bond acceptors (Lipinski definition) is 6. The summed E-state index contributed by atoms with van der Waals surface area (Å²) >= 11 is 1.42. The minimum Gasteiger partial charge on any atom is -0.373 e. The first-order valence-electron chi connectivity index (χ1n) is 9.05. The van der Waals surface area contributed by atoms with E-state index in [9.17, 15) is 4.79 Å². The van der Waals surface area contributed by atoms with Crippen molar-refractivity contribution in [1.82, 2.24) is 14.6 Å². The Kier molecular flexibility index (Phi) is 4.99. The van der Waals surface area contributed by atoms with Crippen molar-refractivity contribution in [2.75, 3.05) is 18.5 Å². The maximum atomic E-state index is 12.2. The summed E-state index contributed by atoms with van der Waals surface area (Å²) in [6, 6.07) is 11.9. The molecule has 1 saturated heterocycles. The van der Waals surface area contributed by atoms with Crippen molar-refractivity contribution in [2.24, 2.45) is 5.92 Å². The second kappa shape index (κ2) is 7.55. The molecule has 4 rings (SSSR count). The average molecular weight is 370 g/mol. The first-order valence-corrected chi connectivity index (χ1v) is 9.86. The number of nitrogens with zero attached hydrogens (tertiary/aromatic N) is 3. The first kappa shape index (κ1) is 17.2. The van der Waals surface area contributed by atoms with Gasteiger partial charge in [-0.05, 0) is 18.4 Å². The fourth-order valence-corrected chi connectivity index (χ4v) is 4.22. The molecule has 1 aliphatic rings. The van der Waals surface area contributed by atoms with Gasteiger partial charge in [-0.2, -0.15) is 4.52 Å². The van der Waals surface area contributed by atoms with E-state index in [0.29, 0.717) is 10.9 Å². The Balaban J connectivity index is 1.49. The van der Waals surface area contributed by atoms with Crippen molar-refractivity contribution in [3.05, 3.63) is 58.0 Å². The Labute approximate surface area is 155 Å². The van der Waals surface area contributed by atoms with Crippen molar-refractivity contribution in [2.45, 2.75) is 32.3 Å². The van der Waals surface area contributed by atoms with Crippen LogP contribution in [0.2, 0.25) is 0 Å². The highest BCUT2D eigenvalue weighted by Gasteiger charge is 2.29. The molecule has 0 aliphatic carbocycles. The van der Waals surface area contributed by atoms with Gasteiger partial charge in [0.1, 0.15) is 0 Å². The molecular weight excluding hydrogens is 348 g/mol. The predicted octanol–water partition coefficient (Wildman–Crippen LogP) is 3.29. The third-order valence-corrected chi connectivity index (χ3v) is 5.53. The third kappa shape index (κ3) is 3.50. The smallest absolute Gasteiger partial charge is 0.275 e. The molecule has 1 fully saturated rings. The van der Waals surface area contributed by atoms with Crippen LogP contribution >= 0.6 is 11.3 Å². The molecule has 0 saturated carbocycles. The number of aromatic nitrogens is 3. The molecule has 0 spiro atoms. The van der Waals surface area contributed by atoms with Crippen LogP contribution in [0.15, 0.2) is 41.2 Å². The number of benzene rings is 1. The molecule has 3 aromatic rings. The number of fused-ring (bicyclic) bond motifs is 1. The van der Waals surface area contributed by atoms with Gasteiger partial charge in [-0.3, -0.25) is 4.79 Å². The highest BCUT2D eigenvalue weighted by Crippen LogP contribution is 2.34. The fourth-order valence-electron chi connectivity index (χ4n) is 3.38. The number of hydrogen-bond donors (Lipinski definition) is 1. The summed E-state index contributed by atoms with van der Waals surface area (Å²) in [7, 11) is 0. The van der Waals surface area contributed by atoms with Crippen LogP contribution in [0.1, 0.15) is 37.1 Å². The van der Waals surface area contributed by atoms with Crippen molar-refractivity contribution >= 4 is 21.4 Å². The summed E-state index contributed by atoms with van der Waals surface area (Å²) in [4.78, 5) is 17.4. The standard InChI is InChI=1S/C19H22N4O2S/c1-2-6-15-11-16(24)23-19(21-15)26-18(22-23)20-12-14-9-10-25-17(14)13-7-4-3-5-8-13/h3-5,7-8,11,14,17H,2,6,9-10,12H2,1H3,(H,20,22). The van der Waals surface area contributed by atoms with Gasteiger partial charge < -0.3 is 10.1 Å². The summed E-state index contributed by atoms with van der Waals surface area (Å²) in [5.74, 6) is 0.379. The molecule has 1 aromatic carbocycles. The third-order valence-electron chi connectivity index (χ3n) is 4.66. The maximum absolute atomic E-state index is 12.2. The van der Waals surface area contributed by atoms with E-state index in [1.165, 1.54) is 21.4 Å². The SMILES string of the molecule is CCCc1cc(=O)n2nc(NCC3CCOC3c3ccccc3)sc2n1. The van der Waals surface area contributed by atoms with Crippen LogP contribution in [0.4, 0.5) is 5.13 Å². The molecule has 136 valence electrons. The molecule has 2 unspecified atom stereocenters. The quantitative estimate of drug-likeness (QED) is 0.721. The van der Waals surface area contributed by atoms with E-state index >= 15 is 0 Å². The zero-order chi connectivity index (χ0) is 17.9. The Morgan fingerprint density at radius 3 is 3.00 bits per heavy atom. The molecule has 0 amide bonds. The fraction of sp³-hybridized carbons (Fsp3) is 0.421. The van der Waals surface area contributed by atoms with Gasteiger partial charge in [-0.1, -0.05) is 55.0 Å². The molecule has 3 heterocycles. The van der Waals surface area contributed by atoms with Crippen molar-refractivity contribution < 1.29 is 4.74 Å². The van der Waals surface area contributed by atoms with E-state index in [1.807, 2.05) is 18.2 Å². The van der Waals surface area contributed by atoms with E-state index in [-0.39, 0.29) is 11.7 Å². The number of rotatable bonds is 6. The molecule has 0 radical (unpaired) electrons. The number of nitrogens with one attached hydrogen (secondary N) is 1. The van der Waals surface area contributed by atoms with Crippen molar-refractivity contribution in [1.29, 1.82) is 0 Å². The van der Waals surface area contributed by atoms with Gasteiger partial charge in [0.05, 0.1) is 6.10 Å². The lowest BCUT2D eigenvalue weighted by Gasteiger charge is -2.18. The van der Waals surface area contributed by atoms with E-state index in [0.717, 1.165) is 43.2 Å². The zero-order valence-electron chi connectivity index (χ0n) is 14.7. The molecule has 2 atom stereocenters. The highest BCUT2D eigenvalue weighted by atomic mass is 32.1. The lowest BCUT2D eigenvalue weighted by Crippen LogP contribution is -2.19. The summed E-state index contributed by atoms with van der Waals surface area (Å²) < 4.78 is 7.32. The highest BCUT2D eigenvalue weighted by molar-refractivity contribution is 7.20. The monoisotopic (exact) mass is 370 g/mol. The van der Waals surface area contributed by atoms with Crippen LogP contribution in [0.3, 0.4) is 0 Å². The van der Waals surface area contributed by atoms with Crippen LogP contribution < -0.4 is 10.9 Å². The lowest BCUT2D eigenvalue weighted by atomic mass is 9.95. The van der Waals surface area contributed by atoms with Gasteiger partial charge in [0.25, 0.3) is 5.56 Å². The minimum atomic E-state index is -0.117. The van der Waals surface area contributed by atoms with Crippen LogP contribution in [0, 0.1) is 5.92 Å². The molecule has 1 N–H and O–H groups in total. The van der Waals surface area contributed by atoms with Crippen LogP contribution in [-0.2, 0) is 11.2 Å². The Bertz CT molecular complexity index is 938. The van der Waals surface area contributed by atoms with Gasteiger partial charge in [-0.25, -0.2) is 4.98 Å². The molecular formula is C19H22N4O2S. The Morgan fingerprint density at radius 2 is 2.19 bits per heavy atom. The van der Waals surface area contributed by atoms with E-state index < -0.39 is 0 Å².